The Morgan fingerprint density at radius 2 is 1.86 bits per heavy atom. The Hall–Kier alpha value is -1.88. The lowest BCUT2D eigenvalue weighted by molar-refractivity contribution is 0.512. The Balaban J connectivity index is 2.02. The lowest BCUT2D eigenvalue weighted by atomic mass is 10.3. The van der Waals surface area contributed by atoms with Crippen molar-refractivity contribution in [3.63, 3.8) is 0 Å². The fourth-order valence-electron chi connectivity index (χ4n) is 2.46. The molecular weight excluding hydrogens is 280 g/mol. The van der Waals surface area contributed by atoms with E-state index in [0.717, 1.165) is 29.5 Å². The molecule has 0 amide bonds. The predicted octanol–water partition coefficient (Wildman–Crippen LogP) is 3.08. The number of nitrogens with zero attached hydrogens (tertiary/aromatic N) is 4. The van der Waals surface area contributed by atoms with Crippen LogP contribution in [0.1, 0.15) is 17.7 Å². The van der Waals surface area contributed by atoms with E-state index in [9.17, 15) is 0 Å². The van der Waals surface area contributed by atoms with E-state index in [4.69, 9.17) is 9.98 Å². The zero-order valence-corrected chi connectivity index (χ0v) is 13.3. The zero-order chi connectivity index (χ0) is 14.7. The third-order valence-corrected chi connectivity index (χ3v) is 4.49. The van der Waals surface area contributed by atoms with Crippen molar-refractivity contribution in [2.45, 2.75) is 19.8 Å². The molecule has 0 atom stereocenters. The van der Waals surface area contributed by atoms with Crippen LogP contribution in [0.5, 0.6) is 0 Å². The van der Waals surface area contributed by atoms with Gasteiger partial charge in [0.05, 0.1) is 5.69 Å². The second kappa shape index (κ2) is 6.26. The van der Waals surface area contributed by atoms with Crippen LogP contribution in [0.4, 0.5) is 5.69 Å². The lowest BCUT2D eigenvalue weighted by Crippen LogP contribution is -2.28. The number of para-hydroxylation sites is 1. The van der Waals surface area contributed by atoms with Crippen molar-refractivity contribution in [2.24, 2.45) is 17.0 Å². The number of rotatable bonds is 1. The van der Waals surface area contributed by atoms with Gasteiger partial charge in [0.25, 0.3) is 0 Å². The number of hydrogen-bond acceptors (Lipinski definition) is 2. The topological polar surface area (TPSA) is 32.9 Å². The van der Waals surface area contributed by atoms with Gasteiger partial charge in [0, 0.05) is 31.2 Å². The molecule has 0 spiro atoms. The third kappa shape index (κ3) is 3.42. The molecule has 4 nitrogen and oxygen atoms in total. The molecule has 1 aliphatic heterocycles. The molecule has 2 aromatic rings. The average molecular weight is 300 g/mol. The maximum absolute atomic E-state index is 4.81. The van der Waals surface area contributed by atoms with E-state index in [1.807, 2.05) is 37.4 Å². The van der Waals surface area contributed by atoms with Gasteiger partial charge >= 0.3 is 0 Å². The summed E-state index contributed by atoms with van der Waals surface area (Å²) in [5.41, 5.74) is 0.957. The highest BCUT2D eigenvalue weighted by Crippen LogP contribution is 2.15. The molecule has 0 unspecified atom stereocenters. The molecule has 1 aromatic heterocycles. The highest BCUT2D eigenvalue weighted by Gasteiger charge is 2.16. The van der Waals surface area contributed by atoms with Crippen LogP contribution in [-0.4, -0.2) is 28.5 Å². The second-order valence-electron chi connectivity index (χ2n) is 5.29. The van der Waals surface area contributed by atoms with Crippen LogP contribution in [0.25, 0.3) is 0 Å². The van der Waals surface area contributed by atoms with Crippen molar-refractivity contribution in [1.82, 2.24) is 9.47 Å². The molecule has 0 radical (unpaired) electrons. The molecule has 0 aliphatic carbocycles. The second-order valence-corrected chi connectivity index (χ2v) is 6.50. The number of likely N-dealkylation sites (tertiary alicyclic amines) is 1. The SMILES string of the molecule is Cc1cn(C)/c(=N\C(=N\c2ccccc2)N2CCCC2)s1. The van der Waals surface area contributed by atoms with Crippen LogP contribution in [0.2, 0.25) is 0 Å². The van der Waals surface area contributed by atoms with Crippen molar-refractivity contribution in [3.8, 4) is 0 Å². The number of benzene rings is 1. The standard InChI is InChI=1S/C16H20N4S/c1-13-12-19(2)16(21-13)18-15(20-10-6-7-11-20)17-14-8-4-3-5-9-14/h3-5,8-9,12H,6-7,10-11H2,1-2H3/b17-15-,18-16+. The van der Waals surface area contributed by atoms with Crippen molar-refractivity contribution >= 4 is 23.0 Å². The van der Waals surface area contributed by atoms with Gasteiger partial charge in [-0.2, -0.15) is 4.99 Å². The Kier molecular flexibility index (Phi) is 4.20. The average Bonchev–Trinajstić information content (AvgIpc) is 3.10. The smallest absolute Gasteiger partial charge is 0.228 e. The lowest BCUT2D eigenvalue weighted by Gasteiger charge is -2.15. The number of thiazole rings is 1. The number of guanidine groups is 1. The summed E-state index contributed by atoms with van der Waals surface area (Å²) in [6.45, 7) is 4.19. The fourth-order valence-corrected chi connectivity index (χ4v) is 3.28. The third-order valence-electron chi connectivity index (χ3n) is 3.50. The van der Waals surface area contributed by atoms with Crippen molar-refractivity contribution in [2.75, 3.05) is 13.1 Å². The Labute approximate surface area is 129 Å². The molecular formula is C16H20N4S. The first-order valence-electron chi connectivity index (χ1n) is 7.29. The Bertz CT molecular complexity index is 691. The maximum Gasteiger partial charge on any atom is 0.228 e. The maximum atomic E-state index is 4.81. The first-order valence-corrected chi connectivity index (χ1v) is 8.10. The molecule has 5 heteroatoms. The van der Waals surface area contributed by atoms with Gasteiger partial charge in [-0.25, -0.2) is 4.99 Å². The van der Waals surface area contributed by atoms with E-state index >= 15 is 0 Å². The zero-order valence-electron chi connectivity index (χ0n) is 12.5. The molecule has 2 heterocycles. The van der Waals surface area contributed by atoms with E-state index in [-0.39, 0.29) is 0 Å². The molecule has 0 saturated carbocycles. The summed E-state index contributed by atoms with van der Waals surface area (Å²) in [5, 5.41) is 0. The normalized spacial score (nSPS) is 16.8. The summed E-state index contributed by atoms with van der Waals surface area (Å²) < 4.78 is 2.07. The summed E-state index contributed by atoms with van der Waals surface area (Å²) in [6.07, 6.45) is 4.55. The molecule has 1 saturated heterocycles. The number of aliphatic imine (C=N–C) groups is 1. The monoisotopic (exact) mass is 300 g/mol. The Morgan fingerprint density at radius 1 is 1.14 bits per heavy atom. The van der Waals surface area contributed by atoms with Gasteiger partial charge in [-0.05, 0) is 31.9 Å². The van der Waals surface area contributed by atoms with Crippen molar-refractivity contribution < 1.29 is 0 Å². The summed E-state index contributed by atoms with van der Waals surface area (Å²) in [7, 11) is 2.03. The minimum absolute atomic E-state index is 0.830. The van der Waals surface area contributed by atoms with Crippen molar-refractivity contribution in [3.05, 3.63) is 46.2 Å². The summed E-state index contributed by atoms with van der Waals surface area (Å²) in [5.74, 6) is 0.830. The minimum atomic E-state index is 0.830. The first-order chi connectivity index (χ1) is 10.2. The molecule has 3 rings (SSSR count). The van der Waals surface area contributed by atoms with E-state index in [0.29, 0.717) is 0 Å². The van der Waals surface area contributed by atoms with Crippen molar-refractivity contribution in [1.29, 1.82) is 0 Å². The number of hydrogen-bond donors (Lipinski definition) is 0. The molecule has 0 N–H and O–H groups in total. The van der Waals surface area contributed by atoms with E-state index < -0.39 is 0 Å². The first kappa shape index (κ1) is 14.1. The summed E-state index contributed by atoms with van der Waals surface area (Å²) in [4.78, 5) is 14.1. The van der Waals surface area contributed by atoms with Crippen LogP contribution in [0, 0.1) is 6.92 Å². The highest BCUT2D eigenvalue weighted by atomic mass is 32.1. The number of aryl methyl sites for hydroxylation is 2. The van der Waals surface area contributed by atoms with Gasteiger partial charge in [0.2, 0.25) is 5.96 Å². The van der Waals surface area contributed by atoms with Crippen LogP contribution in [0.15, 0.2) is 46.5 Å². The van der Waals surface area contributed by atoms with E-state index in [1.165, 1.54) is 17.7 Å². The van der Waals surface area contributed by atoms with Gasteiger partial charge in [0.1, 0.15) is 0 Å². The Morgan fingerprint density at radius 3 is 2.48 bits per heavy atom. The molecule has 0 bridgehead atoms. The molecule has 1 fully saturated rings. The van der Waals surface area contributed by atoms with Crippen LogP contribution in [0.3, 0.4) is 0 Å². The van der Waals surface area contributed by atoms with Gasteiger partial charge in [-0.1, -0.05) is 18.2 Å². The van der Waals surface area contributed by atoms with Gasteiger partial charge < -0.3 is 9.47 Å². The fraction of sp³-hybridized carbons (Fsp3) is 0.375. The van der Waals surface area contributed by atoms with Gasteiger partial charge in [0.15, 0.2) is 4.80 Å². The summed E-state index contributed by atoms with van der Waals surface area (Å²) >= 11 is 1.70. The molecule has 21 heavy (non-hydrogen) atoms. The van der Waals surface area contributed by atoms with E-state index in [1.54, 1.807) is 11.3 Å². The highest BCUT2D eigenvalue weighted by molar-refractivity contribution is 7.09. The van der Waals surface area contributed by atoms with Crippen LogP contribution >= 0.6 is 11.3 Å². The van der Waals surface area contributed by atoms with Crippen LogP contribution < -0.4 is 4.80 Å². The summed E-state index contributed by atoms with van der Waals surface area (Å²) in [6, 6.07) is 10.1. The molecule has 1 aromatic carbocycles. The largest absolute Gasteiger partial charge is 0.341 e. The van der Waals surface area contributed by atoms with Gasteiger partial charge in [-0.15, -0.1) is 11.3 Å². The molecule has 110 valence electrons. The van der Waals surface area contributed by atoms with Crippen LogP contribution in [-0.2, 0) is 7.05 Å². The van der Waals surface area contributed by atoms with Gasteiger partial charge in [-0.3, -0.25) is 0 Å². The molecule has 1 aliphatic rings. The van der Waals surface area contributed by atoms with E-state index in [2.05, 4.69) is 22.6 Å². The quantitative estimate of drug-likeness (QED) is 0.588. The number of aromatic nitrogens is 1. The predicted molar refractivity (Wildman–Crippen MR) is 87.9 cm³/mol. The minimum Gasteiger partial charge on any atom is -0.341 e.